The number of rotatable bonds is 1. The molecule has 0 radical (unpaired) electrons. The molecule has 1 heterocycles. The molecule has 0 saturated carbocycles. The molecule has 56 valence electrons. The second kappa shape index (κ2) is 2.78. The molecule has 1 rings (SSSR count). The lowest BCUT2D eigenvalue weighted by atomic mass is 10.5. The van der Waals surface area contributed by atoms with E-state index in [0.29, 0.717) is 12.4 Å². The van der Waals surface area contributed by atoms with Crippen LogP contribution in [0.1, 0.15) is 6.92 Å². The van der Waals surface area contributed by atoms with Crippen molar-refractivity contribution in [3.8, 4) is 0 Å². The van der Waals surface area contributed by atoms with E-state index in [2.05, 4.69) is 14.1 Å². The van der Waals surface area contributed by atoms with Gasteiger partial charge < -0.3 is 11.1 Å². The first-order chi connectivity index (χ1) is 4.74. The zero-order chi connectivity index (χ0) is 7.56. The average Bonchev–Trinajstić information content (AvgIpc) is 2.13. The largest absolute Gasteiger partial charge is 0.380 e. The van der Waals surface area contributed by atoms with Crippen molar-refractivity contribution < 1.29 is 4.21 Å². The van der Waals surface area contributed by atoms with Gasteiger partial charge in [0.25, 0.3) is 11.2 Å². The SMILES string of the molecule is CCNC1=NS(=O)N=C1N. The van der Waals surface area contributed by atoms with Gasteiger partial charge in [-0.05, 0) is 6.92 Å². The Labute approximate surface area is 61.2 Å². The zero-order valence-electron chi connectivity index (χ0n) is 5.50. The predicted molar refractivity (Wildman–Crippen MR) is 40.9 cm³/mol. The van der Waals surface area contributed by atoms with E-state index in [-0.39, 0.29) is 5.84 Å². The summed E-state index contributed by atoms with van der Waals surface area (Å²) in [5.74, 6) is 0.654. The smallest absolute Gasteiger partial charge is 0.269 e. The summed E-state index contributed by atoms with van der Waals surface area (Å²) < 4.78 is 17.7. The van der Waals surface area contributed by atoms with Crippen molar-refractivity contribution in [2.75, 3.05) is 6.54 Å². The lowest BCUT2D eigenvalue weighted by molar-refractivity contribution is 0.686. The van der Waals surface area contributed by atoms with Crippen LogP contribution < -0.4 is 11.1 Å². The number of hydrogen-bond acceptors (Lipinski definition) is 3. The highest BCUT2D eigenvalue weighted by molar-refractivity contribution is 7.83. The predicted octanol–water partition coefficient (Wildman–Crippen LogP) is -1.06. The van der Waals surface area contributed by atoms with Gasteiger partial charge >= 0.3 is 0 Å². The third-order valence-electron chi connectivity index (χ3n) is 0.933. The van der Waals surface area contributed by atoms with Gasteiger partial charge in [-0.15, -0.1) is 8.80 Å². The standard InChI is InChI=1S/C4H8N4OS/c1-2-6-4-3(5)7-10(9)8-4/h2H2,1H3,(H2,5,7)(H,6,8). The Morgan fingerprint density at radius 3 is 2.80 bits per heavy atom. The van der Waals surface area contributed by atoms with E-state index in [1.807, 2.05) is 6.92 Å². The van der Waals surface area contributed by atoms with Crippen molar-refractivity contribution in [1.29, 1.82) is 0 Å². The summed E-state index contributed by atoms with van der Waals surface area (Å²) in [5.41, 5.74) is 5.32. The van der Waals surface area contributed by atoms with E-state index < -0.39 is 11.2 Å². The highest BCUT2D eigenvalue weighted by atomic mass is 32.2. The van der Waals surface area contributed by atoms with Gasteiger partial charge in [0.15, 0.2) is 11.7 Å². The molecule has 0 saturated heterocycles. The minimum atomic E-state index is -1.50. The van der Waals surface area contributed by atoms with E-state index in [1.165, 1.54) is 0 Å². The summed E-state index contributed by atoms with van der Waals surface area (Å²) in [6.07, 6.45) is 0. The monoisotopic (exact) mass is 160 g/mol. The minimum absolute atomic E-state index is 0.222. The summed E-state index contributed by atoms with van der Waals surface area (Å²) in [7, 11) is 0. The highest BCUT2D eigenvalue weighted by Gasteiger charge is 2.13. The maximum atomic E-state index is 10.6. The molecule has 0 bridgehead atoms. The molecule has 6 heteroatoms. The molecule has 0 aliphatic carbocycles. The van der Waals surface area contributed by atoms with Gasteiger partial charge in [0.1, 0.15) is 0 Å². The first-order valence-corrected chi connectivity index (χ1v) is 3.89. The number of likely N-dealkylation sites (N-methyl/N-ethyl adjacent to an activating group) is 1. The number of amidine groups is 2. The molecule has 1 aliphatic heterocycles. The maximum absolute atomic E-state index is 10.6. The van der Waals surface area contributed by atoms with Crippen LogP contribution in [-0.2, 0) is 11.2 Å². The molecule has 10 heavy (non-hydrogen) atoms. The van der Waals surface area contributed by atoms with E-state index in [0.717, 1.165) is 0 Å². The van der Waals surface area contributed by atoms with Gasteiger partial charge in [-0.2, -0.15) is 0 Å². The van der Waals surface area contributed by atoms with E-state index in [4.69, 9.17) is 5.73 Å². The topological polar surface area (TPSA) is 79.8 Å². The highest BCUT2D eigenvalue weighted by Crippen LogP contribution is 1.96. The molecule has 0 aromatic heterocycles. The fourth-order valence-electron chi connectivity index (χ4n) is 0.563. The molecule has 0 amide bonds. The molecular weight excluding hydrogens is 152 g/mol. The second-order valence-electron chi connectivity index (χ2n) is 1.68. The molecule has 1 unspecified atom stereocenters. The number of nitrogens with two attached hydrogens (primary N) is 1. The lowest BCUT2D eigenvalue weighted by Gasteiger charge is -1.97. The molecule has 0 spiro atoms. The average molecular weight is 160 g/mol. The van der Waals surface area contributed by atoms with Crippen LogP contribution in [0, 0.1) is 0 Å². The Hall–Kier alpha value is -0.910. The van der Waals surface area contributed by atoms with Crippen LogP contribution in [0.5, 0.6) is 0 Å². The van der Waals surface area contributed by atoms with Crippen LogP contribution in [0.4, 0.5) is 0 Å². The summed E-state index contributed by atoms with van der Waals surface area (Å²) in [6, 6.07) is 0. The zero-order valence-corrected chi connectivity index (χ0v) is 6.31. The molecule has 3 N–H and O–H groups in total. The van der Waals surface area contributed by atoms with Crippen molar-refractivity contribution in [1.82, 2.24) is 5.32 Å². The van der Waals surface area contributed by atoms with Gasteiger partial charge in [-0.3, -0.25) is 0 Å². The molecular formula is C4H8N4OS. The number of nitrogens with one attached hydrogen (secondary N) is 1. The minimum Gasteiger partial charge on any atom is -0.380 e. The van der Waals surface area contributed by atoms with Crippen molar-refractivity contribution in [2.24, 2.45) is 14.5 Å². The Morgan fingerprint density at radius 2 is 2.40 bits per heavy atom. The maximum Gasteiger partial charge on any atom is 0.269 e. The van der Waals surface area contributed by atoms with Crippen LogP contribution in [0.2, 0.25) is 0 Å². The van der Waals surface area contributed by atoms with Crippen LogP contribution in [0.15, 0.2) is 8.80 Å². The first kappa shape index (κ1) is 7.20. The lowest BCUT2D eigenvalue weighted by Crippen LogP contribution is -2.34. The van der Waals surface area contributed by atoms with Crippen molar-refractivity contribution in [2.45, 2.75) is 6.92 Å². The van der Waals surface area contributed by atoms with E-state index in [1.54, 1.807) is 0 Å². The quantitative estimate of drug-likeness (QED) is 0.513. The van der Waals surface area contributed by atoms with Crippen molar-refractivity contribution >= 4 is 22.8 Å². The van der Waals surface area contributed by atoms with Crippen LogP contribution in [-0.4, -0.2) is 22.4 Å². The third-order valence-corrected chi connectivity index (χ3v) is 1.62. The Kier molecular flexibility index (Phi) is 2.00. The molecule has 5 nitrogen and oxygen atoms in total. The second-order valence-corrected chi connectivity index (χ2v) is 2.50. The Morgan fingerprint density at radius 1 is 1.70 bits per heavy atom. The summed E-state index contributed by atoms with van der Waals surface area (Å²) >= 11 is -1.50. The molecule has 0 aromatic carbocycles. The Bertz CT molecular complexity index is 221. The summed E-state index contributed by atoms with van der Waals surface area (Å²) in [4.78, 5) is 0. The van der Waals surface area contributed by atoms with E-state index in [9.17, 15) is 4.21 Å². The van der Waals surface area contributed by atoms with Gasteiger partial charge in [-0.25, -0.2) is 4.21 Å². The van der Waals surface area contributed by atoms with Crippen molar-refractivity contribution in [3.05, 3.63) is 0 Å². The number of hydrogen-bond donors (Lipinski definition) is 2. The fourth-order valence-corrected chi connectivity index (χ4v) is 1.17. The molecule has 1 aliphatic rings. The van der Waals surface area contributed by atoms with Crippen LogP contribution >= 0.6 is 0 Å². The summed E-state index contributed by atoms with van der Waals surface area (Å²) in [5, 5.41) is 2.83. The molecule has 1 atom stereocenters. The third kappa shape index (κ3) is 1.32. The number of nitrogens with zero attached hydrogens (tertiary/aromatic N) is 2. The fraction of sp³-hybridized carbons (Fsp3) is 0.500. The van der Waals surface area contributed by atoms with Crippen LogP contribution in [0.3, 0.4) is 0 Å². The molecule has 0 aromatic rings. The van der Waals surface area contributed by atoms with Gasteiger partial charge in [0.05, 0.1) is 0 Å². The van der Waals surface area contributed by atoms with Gasteiger partial charge in [0.2, 0.25) is 0 Å². The van der Waals surface area contributed by atoms with Crippen molar-refractivity contribution in [3.63, 3.8) is 0 Å². The van der Waals surface area contributed by atoms with E-state index >= 15 is 0 Å². The van der Waals surface area contributed by atoms with Gasteiger partial charge in [-0.1, -0.05) is 0 Å². The van der Waals surface area contributed by atoms with Gasteiger partial charge in [0, 0.05) is 6.54 Å². The van der Waals surface area contributed by atoms with Crippen LogP contribution in [0.25, 0.3) is 0 Å². The first-order valence-electron chi connectivity index (χ1n) is 2.83. The Balaban J connectivity index is 2.70. The molecule has 0 fully saturated rings. The summed E-state index contributed by atoms with van der Waals surface area (Å²) in [6.45, 7) is 2.60. The normalized spacial score (nSPS) is 23.9.